The van der Waals surface area contributed by atoms with Crippen LogP contribution in [0.1, 0.15) is 49.7 Å². The fourth-order valence-electron chi connectivity index (χ4n) is 4.32. The van der Waals surface area contributed by atoms with Crippen LogP contribution in [0.4, 0.5) is 5.69 Å². The van der Waals surface area contributed by atoms with E-state index in [2.05, 4.69) is 5.32 Å². The first-order valence-corrected chi connectivity index (χ1v) is 10.4. The Morgan fingerprint density at radius 3 is 2.10 bits per heavy atom. The molecule has 150 valence electrons. The summed E-state index contributed by atoms with van der Waals surface area (Å²) in [6.45, 7) is 0.278. The van der Waals surface area contributed by atoms with Crippen molar-refractivity contribution in [1.29, 1.82) is 0 Å². The van der Waals surface area contributed by atoms with E-state index in [1.807, 2.05) is 48.5 Å². The molecule has 0 spiro atoms. The number of nitrogens with one attached hydrogen (secondary N) is 1. The maximum Gasteiger partial charge on any atom is 0.235 e. The first-order chi connectivity index (χ1) is 14.0. The number of carbonyl (C=O) groups excluding carboxylic acids is 3. The average molecular weight is 411 g/mol. The van der Waals surface area contributed by atoms with E-state index in [0.29, 0.717) is 23.6 Å². The molecule has 1 aliphatic heterocycles. The molecule has 1 aliphatic carbocycles. The van der Waals surface area contributed by atoms with E-state index in [4.69, 9.17) is 11.6 Å². The average Bonchev–Trinajstić information content (AvgIpc) is 3.33. The highest BCUT2D eigenvalue weighted by Gasteiger charge is 2.42. The van der Waals surface area contributed by atoms with E-state index in [0.717, 1.165) is 36.8 Å². The van der Waals surface area contributed by atoms with Crippen molar-refractivity contribution in [3.63, 3.8) is 0 Å². The van der Waals surface area contributed by atoms with Gasteiger partial charge in [0.25, 0.3) is 0 Å². The van der Waals surface area contributed by atoms with Crippen LogP contribution in [0.25, 0.3) is 0 Å². The summed E-state index contributed by atoms with van der Waals surface area (Å²) < 4.78 is 0. The largest absolute Gasteiger partial charge is 0.325 e. The van der Waals surface area contributed by atoms with Gasteiger partial charge in [0.05, 0.1) is 12.0 Å². The van der Waals surface area contributed by atoms with Gasteiger partial charge in [0.2, 0.25) is 17.7 Å². The first-order valence-electron chi connectivity index (χ1n) is 9.98. The summed E-state index contributed by atoms with van der Waals surface area (Å²) in [5, 5.41) is 3.72. The SMILES string of the molecule is O=C1CCC(=O)N1Cc1ccc(NC(=O)C2(c3ccc(Cl)cc3)CCCC2)cc1. The second kappa shape index (κ2) is 7.99. The number of anilines is 1. The van der Waals surface area contributed by atoms with E-state index >= 15 is 0 Å². The zero-order valence-corrected chi connectivity index (χ0v) is 16.9. The molecule has 1 saturated carbocycles. The first kappa shape index (κ1) is 19.6. The van der Waals surface area contributed by atoms with Crippen LogP contribution in [-0.2, 0) is 26.3 Å². The standard InChI is InChI=1S/C23H23ClN2O3/c24-18-7-5-17(6-8-18)23(13-1-2-14-23)22(29)25-19-9-3-16(4-10-19)15-26-20(27)11-12-21(26)28/h3-10H,1-2,11-15H2,(H,25,29). The molecule has 0 unspecified atom stereocenters. The predicted octanol–water partition coefficient (Wildman–Crippen LogP) is 4.44. The fraction of sp³-hybridized carbons (Fsp3) is 0.348. The van der Waals surface area contributed by atoms with Crippen LogP contribution in [0.15, 0.2) is 48.5 Å². The van der Waals surface area contributed by atoms with Gasteiger partial charge in [-0.05, 0) is 48.2 Å². The Morgan fingerprint density at radius 2 is 1.52 bits per heavy atom. The minimum Gasteiger partial charge on any atom is -0.325 e. The van der Waals surface area contributed by atoms with Crippen molar-refractivity contribution < 1.29 is 14.4 Å². The van der Waals surface area contributed by atoms with Gasteiger partial charge in [0, 0.05) is 23.6 Å². The van der Waals surface area contributed by atoms with Crippen molar-refractivity contribution in [3.05, 3.63) is 64.7 Å². The minimum absolute atomic E-state index is 0.00466. The molecule has 4 rings (SSSR count). The number of hydrogen-bond acceptors (Lipinski definition) is 3. The molecule has 1 saturated heterocycles. The molecule has 2 aromatic carbocycles. The molecular weight excluding hydrogens is 388 g/mol. The lowest BCUT2D eigenvalue weighted by atomic mass is 9.78. The van der Waals surface area contributed by atoms with Crippen LogP contribution in [0.2, 0.25) is 5.02 Å². The van der Waals surface area contributed by atoms with Gasteiger partial charge in [-0.2, -0.15) is 0 Å². The predicted molar refractivity (Wildman–Crippen MR) is 111 cm³/mol. The Morgan fingerprint density at radius 1 is 0.931 bits per heavy atom. The van der Waals surface area contributed by atoms with Gasteiger partial charge in [-0.3, -0.25) is 19.3 Å². The topological polar surface area (TPSA) is 66.5 Å². The molecule has 5 nitrogen and oxygen atoms in total. The third-order valence-corrected chi connectivity index (χ3v) is 6.25. The lowest BCUT2D eigenvalue weighted by Crippen LogP contribution is -2.38. The number of likely N-dealkylation sites (tertiary alicyclic amines) is 1. The highest BCUT2D eigenvalue weighted by atomic mass is 35.5. The van der Waals surface area contributed by atoms with Gasteiger partial charge < -0.3 is 5.32 Å². The maximum absolute atomic E-state index is 13.2. The molecule has 0 bridgehead atoms. The van der Waals surface area contributed by atoms with E-state index in [1.165, 1.54) is 4.90 Å². The second-order valence-electron chi connectivity index (χ2n) is 7.82. The summed E-state index contributed by atoms with van der Waals surface area (Å²) in [7, 11) is 0. The zero-order valence-electron chi connectivity index (χ0n) is 16.1. The highest BCUT2D eigenvalue weighted by molar-refractivity contribution is 6.30. The quantitative estimate of drug-likeness (QED) is 0.741. The lowest BCUT2D eigenvalue weighted by Gasteiger charge is -2.28. The molecule has 1 heterocycles. The highest BCUT2D eigenvalue weighted by Crippen LogP contribution is 2.42. The van der Waals surface area contributed by atoms with Gasteiger partial charge in [-0.1, -0.05) is 48.7 Å². The minimum atomic E-state index is -0.530. The van der Waals surface area contributed by atoms with Gasteiger partial charge in [-0.25, -0.2) is 0 Å². The number of rotatable bonds is 5. The lowest BCUT2D eigenvalue weighted by molar-refractivity contribution is -0.139. The normalized spacial score (nSPS) is 18.3. The van der Waals surface area contributed by atoms with Crippen LogP contribution < -0.4 is 5.32 Å². The number of imide groups is 1. The molecule has 2 aromatic rings. The second-order valence-corrected chi connectivity index (χ2v) is 8.26. The molecule has 0 radical (unpaired) electrons. The molecular formula is C23H23ClN2O3. The smallest absolute Gasteiger partial charge is 0.235 e. The van der Waals surface area contributed by atoms with E-state index in [1.54, 1.807) is 0 Å². The summed E-state index contributed by atoms with van der Waals surface area (Å²) in [4.78, 5) is 38.1. The summed E-state index contributed by atoms with van der Waals surface area (Å²) in [6, 6.07) is 14.9. The fourth-order valence-corrected chi connectivity index (χ4v) is 4.45. The van der Waals surface area contributed by atoms with Crippen molar-refractivity contribution >= 4 is 35.0 Å². The van der Waals surface area contributed by atoms with Crippen LogP contribution in [0.5, 0.6) is 0 Å². The molecule has 3 amide bonds. The Hall–Kier alpha value is -2.66. The summed E-state index contributed by atoms with van der Waals surface area (Å²) >= 11 is 6.02. The number of hydrogen-bond donors (Lipinski definition) is 1. The maximum atomic E-state index is 13.2. The van der Waals surface area contributed by atoms with Gasteiger partial charge in [0.1, 0.15) is 0 Å². The number of benzene rings is 2. The van der Waals surface area contributed by atoms with Crippen molar-refractivity contribution in [1.82, 2.24) is 4.90 Å². The summed E-state index contributed by atoms with van der Waals surface area (Å²) in [5.41, 5.74) is 2.04. The Kier molecular flexibility index (Phi) is 5.41. The van der Waals surface area contributed by atoms with E-state index < -0.39 is 5.41 Å². The Bertz CT molecular complexity index is 916. The van der Waals surface area contributed by atoms with Gasteiger partial charge in [-0.15, -0.1) is 0 Å². The third-order valence-electron chi connectivity index (χ3n) is 6.00. The van der Waals surface area contributed by atoms with Crippen molar-refractivity contribution in [2.45, 2.75) is 50.5 Å². The van der Waals surface area contributed by atoms with Crippen molar-refractivity contribution in [2.75, 3.05) is 5.32 Å². The van der Waals surface area contributed by atoms with E-state index in [9.17, 15) is 14.4 Å². The summed E-state index contributed by atoms with van der Waals surface area (Å²) in [5.74, 6) is -0.257. The molecule has 0 atom stereocenters. The van der Waals surface area contributed by atoms with E-state index in [-0.39, 0.29) is 24.3 Å². The molecule has 2 aliphatic rings. The molecule has 29 heavy (non-hydrogen) atoms. The number of halogens is 1. The van der Waals surface area contributed by atoms with Gasteiger partial charge in [0.15, 0.2) is 0 Å². The molecule has 2 fully saturated rings. The monoisotopic (exact) mass is 410 g/mol. The van der Waals surface area contributed by atoms with Crippen molar-refractivity contribution in [3.8, 4) is 0 Å². The zero-order chi connectivity index (χ0) is 20.4. The Balaban J connectivity index is 1.48. The number of amides is 3. The molecule has 0 aromatic heterocycles. The summed E-state index contributed by atoms with van der Waals surface area (Å²) in [6.07, 6.45) is 4.26. The third kappa shape index (κ3) is 3.92. The molecule has 1 N–H and O–H groups in total. The van der Waals surface area contributed by atoms with Crippen LogP contribution in [0.3, 0.4) is 0 Å². The molecule has 6 heteroatoms. The van der Waals surface area contributed by atoms with Crippen molar-refractivity contribution in [2.24, 2.45) is 0 Å². The van der Waals surface area contributed by atoms with Crippen LogP contribution in [0, 0.1) is 0 Å². The number of carbonyl (C=O) groups is 3. The number of nitrogens with zero attached hydrogens (tertiary/aromatic N) is 1. The van der Waals surface area contributed by atoms with Crippen LogP contribution in [-0.4, -0.2) is 22.6 Å². The Labute approximate surface area is 175 Å². The van der Waals surface area contributed by atoms with Crippen LogP contribution >= 0.6 is 11.6 Å². The van der Waals surface area contributed by atoms with Gasteiger partial charge >= 0.3 is 0 Å².